The fraction of sp³-hybridized carbons (Fsp3) is 0.600. The van der Waals surface area contributed by atoms with Gasteiger partial charge in [-0.1, -0.05) is 338 Å². The Balaban J connectivity index is 1.00. The van der Waals surface area contributed by atoms with E-state index in [9.17, 15) is 0 Å². The molecule has 0 aliphatic carbocycles. The van der Waals surface area contributed by atoms with Crippen LogP contribution in [0.4, 0.5) is 0 Å². The van der Waals surface area contributed by atoms with Crippen molar-refractivity contribution in [2.45, 2.75) is 422 Å². The van der Waals surface area contributed by atoms with E-state index in [2.05, 4.69) is 252 Å². The quantitative estimate of drug-likeness (QED) is 0.0293. The second kappa shape index (κ2) is 48.3. The second-order valence-electron chi connectivity index (χ2n) is 40.8. The summed E-state index contributed by atoms with van der Waals surface area (Å²) in [6, 6.07) is 36.3. The molecule has 6 aromatic heterocycles. The molecule has 2 aliphatic rings. The number of benzene rings is 3. The Morgan fingerprint density at radius 1 is 0.394 bits per heavy atom. The van der Waals surface area contributed by atoms with E-state index in [4.69, 9.17) is 11.5 Å². The molecular weight excluding hydrogens is 1630 g/mol. The molecule has 11 rings (SSSR count). The molecule has 0 spiro atoms. The summed E-state index contributed by atoms with van der Waals surface area (Å²) in [5, 5.41) is 3.91. The number of nitrogens with zero attached hydrogens (tertiary/aromatic N) is 4. The predicted octanol–water partition coefficient (Wildman–Crippen LogP) is 34.9. The smallest absolute Gasteiger partial charge is 0.261 e. The Hall–Kier alpha value is -6.38. The van der Waals surface area contributed by atoms with Crippen LogP contribution in [0, 0.1) is 18.8 Å². The van der Waals surface area contributed by atoms with Crippen LogP contribution in [-0.2, 0) is 51.9 Å². The number of nitrogens with two attached hydrogens (primary N) is 2. The van der Waals surface area contributed by atoms with Crippen LogP contribution in [0.3, 0.4) is 0 Å². The molecule has 3 aromatic carbocycles. The van der Waals surface area contributed by atoms with Gasteiger partial charge >= 0.3 is 0 Å². The van der Waals surface area contributed by atoms with Gasteiger partial charge in [0, 0.05) is 110 Å². The average molecular weight is 1790 g/mol. The second-order valence-corrected chi connectivity index (χ2v) is 45.1. The topological polar surface area (TPSA) is 103 Å². The number of thiophene rings is 4. The van der Waals surface area contributed by atoms with Gasteiger partial charge in [-0.3, -0.25) is 9.59 Å². The minimum Gasteiger partial charge on any atom is -0.341 e. The van der Waals surface area contributed by atoms with Crippen molar-refractivity contribution in [3.05, 3.63) is 168 Å². The molecule has 8 heterocycles. The van der Waals surface area contributed by atoms with Crippen molar-refractivity contribution in [3.8, 4) is 30.6 Å². The van der Waals surface area contributed by atoms with Gasteiger partial charge in [0.2, 0.25) is 0 Å². The molecule has 2 amide bonds. The van der Waals surface area contributed by atoms with Gasteiger partial charge in [-0.15, -0.1) is 45.3 Å². The molecule has 0 fully saturated rings. The average Bonchev–Trinajstić information content (AvgIpc) is 1.56. The van der Waals surface area contributed by atoms with Crippen molar-refractivity contribution in [1.82, 2.24) is 18.9 Å². The monoisotopic (exact) mass is 1790 g/mol. The standard InChI is InChI=1S/C115H168N6O2S4/c1-19-28-36-44-46-50-58-83(56-48-38-30-21-3)80-120-106(104-105(111(120)123)107(100-70-71-102(125-100)115(17,18)117)121(110(104)122)81-84(57-49-39-31-22-4)59-51-47-45-37-29-20-2)99-69-68-98(124-99)85-63-66-92-93-67-64-90(79-97(93)119(96(92)74-85)73-55-43-35-26-8)112(11,12)113(13,14)103-77-88(61-53-41-33-24-6)109(127-103)108-87(60-52-40-32-23-5)76-101(126-108)86-62-65-91-82(10)94(78-89(27-9)114(15,16)116)118(95(91)75-86)72-54-42-34-25-7/h27,62-71,74-79,83-84H,9,19-26,28-61,72-73,80-81,116-117H2,1-8,10-18H3. The lowest BCUT2D eigenvalue weighted by molar-refractivity contribution is -0.124. The lowest BCUT2D eigenvalue weighted by atomic mass is 9.63. The van der Waals surface area contributed by atoms with Crippen molar-refractivity contribution in [2.24, 2.45) is 23.3 Å². The van der Waals surface area contributed by atoms with E-state index in [0.717, 1.165) is 120 Å². The van der Waals surface area contributed by atoms with E-state index in [1.807, 2.05) is 17.4 Å². The third-order valence-electron chi connectivity index (χ3n) is 29.1. The summed E-state index contributed by atoms with van der Waals surface area (Å²) >= 11 is 7.59. The molecule has 0 saturated heterocycles. The number of aromatic nitrogens is 2. The van der Waals surface area contributed by atoms with Crippen molar-refractivity contribution in [3.63, 3.8) is 0 Å². The van der Waals surface area contributed by atoms with Crippen LogP contribution in [0.1, 0.15) is 415 Å². The predicted molar refractivity (Wildman–Crippen MR) is 562 cm³/mol. The first-order valence-electron chi connectivity index (χ1n) is 51.5. The maximum atomic E-state index is 16.5. The van der Waals surface area contributed by atoms with Gasteiger partial charge in [0.15, 0.2) is 0 Å². The highest BCUT2D eigenvalue weighted by Crippen LogP contribution is 2.55. The van der Waals surface area contributed by atoms with E-state index in [1.54, 1.807) is 22.7 Å². The molecule has 2 aliphatic heterocycles. The number of hydrogen-bond donors (Lipinski definition) is 2. The minimum atomic E-state index is -0.579. The number of carbonyl (C=O) groups is 2. The number of unbranched alkanes of at least 4 members (excludes halogenated alkanes) is 28. The maximum absolute atomic E-state index is 16.5. The lowest BCUT2D eigenvalue weighted by Gasteiger charge is -2.42. The van der Waals surface area contributed by atoms with Gasteiger partial charge in [-0.05, 0) is 216 Å². The highest BCUT2D eigenvalue weighted by molar-refractivity contribution is 7.24. The molecule has 127 heavy (non-hydrogen) atoms. The van der Waals surface area contributed by atoms with Crippen LogP contribution in [0.15, 0.2) is 120 Å². The first-order valence-corrected chi connectivity index (χ1v) is 54.7. The molecule has 9 aromatic rings. The molecule has 2 unspecified atom stereocenters. The summed E-state index contributed by atoms with van der Waals surface area (Å²) in [7, 11) is 0. The molecule has 12 heteroatoms. The first-order chi connectivity index (χ1) is 61.2. The van der Waals surface area contributed by atoms with Gasteiger partial charge in [-0.25, -0.2) is 0 Å². The van der Waals surface area contributed by atoms with Crippen molar-refractivity contribution in [1.29, 1.82) is 0 Å². The summed E-state index contributed by atoms with van der Waals surface area (Å²) in [5.41, 5.74) is 29.4. The SMILES string of the molecule is C=CC(=Cc1c(C)c2ccc(-c3cc(CCCCCC)c(-c4sc(C(C)(C)C(C)(C)c5ccc6c7ccc(-c8ccc(C9=C%10C(=O)N(CC(CCCCCC)CCCCCCCC)C(c%11ccc(C(C)(C)N)s%11)=C%10C(=O)N9CC(CCCCCC)CCCCCCCC)s8)cc7n(CCCCCC)c6c5)cc4CCCCCC)s3)cc2n1CCCCCC)C(C)(C)N. The van der Waals surface area contributed by atoms with Crippen molar-refractivity contribution < 1.29 is 9.59 Å². The van der Waals surface area contributed by atoms with E-state index >= 15 is 9.59 Å². The number of amides is 2. The summed E-state index contributed by atoms with van der Waals surface area (Å²) in [4.78, 5) is 47.2. The molecule has 8 nitrogen and oxygen atoms in total. The van der Waals surface area contributed by atoms with E-state index in [0.29, 0.717) is 36.1 Å². The van der Waals surface area contributed by atoms with E-state index in [-0.39, 0.29) is 22.6 Å². The summed E-state index contributed by atoms with van der Waals surface area (Å²) in [6.45, 7) is 46.7. The Labute approximate surface area is 787 Å². The zero-order chi connectivity index (χ0) is 91.0. The highest BCUT2D eigenvalue weighted by Gasteiger charge is 2.51. The Morgan fingerprint density at radius 3 is 1.28 bits per heavy atom. The van der Waals surface area contributed by atoms with Crippen LogP contribution in [-0.4, -0.2) is 49.4 Å². The number of carbonyl (C=O) groups excluding carboxylic acids is 2. The zero-order valence-corrected chi connectivity index (χ0v) is 85.9. The summed E-state index contributed by atoms with van der Waals surface area (Å²) in [6.07, 6.45) is 54.6. The zero-order valence-electron chi connectivity index (χ0n) is 82.6. The normalized spacial score (nSPS) is 14.4. The number of aryl methyl sites for hydroxylation is 5. The van der Waals surface area contributed by atoms with Gasteiger partial charge in [0.25, 0.3) is 11.8 Å². The van der Waals surface area contributed by atoms with Gasteiger partial charge in [-0.2, -0.15) is 0 Å². The number of fused-ring (bicyclic) bond motifs is 5. The fourth-order valence-corrected chi connectivity index (χ4v) is 25.3. The minimum absolute atomic E-state index is 0.000688. The van der Waals surface area contributed by atoms with Crippen molar-refractivity contribution >= 4 is 107 Å². The summed E-state index contributed by atoms with van der Waals surface area (Å²) in [5.74, 6) is 0.649. The van der Waals surface area contributed by atoms with E-state index < -0.39 is 11.1 Å². The summed E-state index contributed by atoms with van der Waals surface area (Å²) < 4.78 is 5.28. The first kappa shape index (κ1) is 101. The van der Waals surface area contributed by atoms with Crippen LogP contribution >= 0.6 is 45.3 Å². The van der Waals surface area contributed by atoms with Gasteiger partial charge in [0.05, 0.1) is 32.3 Å². The lowest BCUT2D eigenvalue weighted by Crippen LogP contribution is -2.39. The molecule has 2 atom stereocenters. The Kier molecular flexibility index (Phi) is 38.5. The van der Waals surface area contributed by atoms with Crippen LogP contribution in [0.5, 0.6) is 0 Å². The maximum Gasteiger partial charge on any atom is 0.261 e. The molecular formula is C115H168N6O2S4. The van der Waals surface area contributed by atoms with Crippen LogP contribution < -0.4 is 11.5 Å². The van der Waals surface area contributed by atoms with E-state index in [1.165, 1.54) is 290 Å². The number of rotatable bonds is 60. The third kappa shape index (κ3) is 24.9. The van der Waals surface area contributed by atoms with Crippen LogP contribution in [0.2, 0.25) is 0 Å². The Bertz CT molecular complexity index is 5120. The largest absolute Gasteiger partial charge is 0.341 e. The van der Waals surface area contributed by atoms with Crippen molar-refractivity contribution in [2.75, 3.05) is 13.1 Å². The molecule has 0 saturated carbocycles. The van der Waals surface area contributed by atoms with Gasteiger partial charge in [0.1, 0.15) is 0 Å². The highest BCUT2D eigenvalue weighted by atomic mass is 32.1. The Morgan fingerprint density at radius 2 is 0.795 bits per heavy atom. The molecule has 0 radical (unpaired) electrons. The molecule has 4 N–H and O–H groups in total. The molecule has 0 bridgehead atoms. The van der Waals surface area contributed by atoms with Crippen LogP contribution in [0.25, 0.3) is 80.8 Å². The molecule has 694 valence electrons. The fourth-order valence-electron chi connectivity index (χ4n) is 20.3. The third-order valence-corrected chi connectivity index (χ3v) is 34.6. The number of hydrogen-bond acceptors (Lipinski definition) is 8. The van der Waals surface area contributed by atoms with Gasteiger partial charge < -0.3 is 30.4 Å².